The third-order valence-corrected chi connectivity index (χ3v) is 5.78. The lowest BCUT2D eigenvalue weighted by molar-refractivity contribution is -0.0193. The van der Waals surface area contributed by atoms with Crippen molar-refractivity contribution in [3.05, 3.63) is 0 Å². The summed E-state index contributed by atoms with van der Waals surface area (Å²) in [5.41, 5.74) is -0.774. The van der Waals surface area contributed by atoms with Crippen LogP contribution in [0.2, 0.25) is 0 Å². The standard InChI is InChI=1S/C11H21NO3S/c1-10-3-5-11(13,6-4-10)9-12-7-2-8-16(12,14)15/h10,13H,2-9H2,1H3. The second kappa shape index (κ2) is 4.27. The summed E-state index contributed by atoms with van der Waals surface area (Å²) < 4.78 is 24.8. The van der Waals surface area contributed by atoms with Crippen LogP contribution in [0.1, 0.15) is 39.0 Å². The molecule has 0 radical (unpaired) electrons. The van der Waals surface area contributed by atoms with Crippen molar-refractivity contribution in [3.8, 4) is 0 Å². The highest BCUT2D eigenvalue weighted by atomic mass is 32.2. The predicted molar refractivity (Wildman–Crippen MR) is 62.6 cm³/mol. The number of hydrogen-bond acceptors (Lipinski definition) is 3. The fourth-order valence-electron chi connectivity index (χ4n) is 2.65. The van der Waals surface area contributed by atoms with Crippen LogP contribution in [0.15, 0.2) is 0 Å². The van der Waals surface area contributed by atoms with Gasteiger partial charge in [-0.3, -0.25) is 0 Å². The van der Waals surface area contributed by atoms with Gasteiger partial charge in [0, 0.05) is 13.1 Å². The van der Waals surface area contributed by atoms with Crippen LogP contribution in [0.5, 0.6) is 0 Å². The van der Waals surface area contributed by atoms with Crippen molar-refractivity contribution >= 4 is 10.0 Å². The molecule has 1 N–H and O–H groups in total. The van der Waals surface area contributed by atoms with Gasteiger partial charge < -0.3 is 5.11 Å². The van der Waals surface area contributed by atoms with E-state index in [2.05, 4.69) is 6.92 Å². The van der Waals surface area contributed by atoms with Crippen LogP contribution in [-0.4, -0.2) is 42.3 Å². The normalized spacial score (nSPS) is 40.0. The van der Waals surface area contributed by atoms with E-state index in [1.165, 1.54) is 4.31 Å². The number of hydrogen-bond donors (Lipinski definition) is 1. The van der Waals surface area contributed by atoms with Gasteiger partial charge in [-0.2, -0.15) is 4.31 Å². The average molecular weight is 247 g/mol. The van der Waals surface area contributed by atoms with E-state index in [0.717, 1.165) is 25.7 Å². The topological polar surface area (TPSA) is 57.6 Å². The van der Waals surface area contributed by atoms with E-state index in [1.54, 1.807) is 0 Å². The summed E-state index contributed by atoms with van der Waals surface area (Å²) in [7, 11) is -3.06. The smallest absolute Gasteiger partial charge is 0.214 e. The number of β-amino-alcohol motifs (C(OH)–C–C–N with tert-alkyl or cyclic N) is 1. The van der Waals surface area contributed by atoms with Gasteiger partial charge in [-0.1, -0.05) is 6.92 Å². The van der Waals surface area contributed by atoms with Crippen LogP contribution in [0.3, 0.4) is 0 Å². The molecule has 16 heavy (non-hydrogen) atoms. The molecule has 5 heteroatoms. The number of nitrogens with zero attached hydrogens (tertiary/aromatic N) is 1. The molecule has 94 valence electrons. The van der Waals surface area contributed by atoms with Gasteiger partial charge in [0.05, 0.1) is 11.4 Å². The average Bonchev–Trinajstić information content (AvgIpc) is 2.52. The summed E-state index contributed by atoms with van der Waals surface area (Å²) in [5.74, 6) is 0.912. The van der Waals surface area contributed by atoms with Gasteiger partial charge in [-0.15, -0.1) is 0 Å². The Labute approximate surface area is 97.7 Å². The molecule has 0 aromatic heterocycles. The molecule has 2 rings (SSSR count). The Balaban J connectivity index is 1.99. The molecule has 2 aliphatic rings. The van der Waals surface area contributed by atoms with Crippen molar-refractivity contribution in [1.82, 2.24) is 4.31 Å². The van der Waals surface area contributed by atoms with Gasteiger partial charge >= 0.3 is 0 Å². The molecule has 0 aromatic rings. The van der Waals surface area contributed by atoms with Crippen LogP contribution in [-0.2, 0) is 10.0 Å². The van der Waals surface area contributed by atoms with Crippen molar-refractivity contribution in [3.63, 3.8) is 0 Å². The van der Waals surface area contributed by atoms with Gasteiger partial charge in [-0.05, 0) is 38.0 Å². The Morgan fingerprint density at radius 1 is 1.38 bits per heavy atom. The Morgan fingerprint density at radius 2 is 2.00 bits per heavy atom. The van der Waals surface area contributed by atoms with E-state index >= 15 is 0 Å². The van der Waals surface area contributed by atoms with Gasteiger partial charge in [0.25, 0.3) is 0 Å². The molecule has 2 fully saturated rings. The van der Waals surface area contributed by atoms with Crippen molar-refractivity contribution < 1.29 is 13.5 Å². The zero-order valence-corrected chi connectivity index (χ0v) is 10.7. The summed E-state index contributed by atoms with van der Waals surface area (Å²) >= 11 is 0. The third-order valence-electron chi connectivity index (χ3n) is 3.88. The largest absolute Gasteiger partial charge is 0.389 e. The lowest BCUT2D eigenvalue weighted by atomic mass is 9.79. The molecule has 1 heterocycles. The van der Waals surface area contributed by atoms with Crippen molar-refractivity contribution in [2.75, 3.05) is 18.8 Å². The second-order valence-corrected chi connectivity index (χ2v) is 7.50. The monoisotopic (exact) mass is 247 g/mol. The lowest BCUT2D eigenvalue weighted by Gasteiger charge is -2.37. The predicted octanol–water partition coefficient (Wildman–Crippen LogP) is 0.963. The van der Waals surface area contributed by atoms with Crippen LogP contribution in [0.4, 0.5) is 0 Å². The van der Waals surface area contributed by atoms with Gasteiger partial charge in [0.2, 0.25) is 10.0 Å². The van der Waals surface area contributed by atoms with Gasteiger partial charge in [-0.25, -0.2) is 8.42 Å². The Hall–Kier alpha value is -0.130. The molecule has 1 aliphatic heterocycles. The van der Waals surface area contributed by atoms with Crippen molar-refractivity contribution in [2.24, 2.45) is 5.92 Å². The summed E-state index contributed by atoms with van der Waals surface area (Å²) in [4.78, 5) is 0. The molecule has 1 aliphatic carbocycles. The van der Waals surface area contributed by atoms with Crippen molar-refractivity contribution in [2.45, 2.75) is 44.6 Å². The molecule has 0 unspecified atom stereocenters. The maximum absolute atomic E-state index is 11.7. The molecule has 1 saturated carbocycles. The maximum atomic E-state index is 11.7. The lowest BCUT2D eigenvalue weighted by Crippen LogP contribution is -2.45. The van der Waals surface area contributed by atoms with E-state index in [9.17, 15) is 13.5 Å². The third kappa shape index (κ3) is 2.57. The first-order valence-electron chi connectivity index (χ1n) is 6.12. The highest BCUT2D eigenvalue weighted by molar-refractivity contribution is 7.89. The molecule has 4 nitrogen and oxygen atoms in total. The van der Waals surface area contributed by atoms with E-state index in [1.807, 2.05) is 0 Å². The van der Waals surface area contributed by atoms with Crippen LogP contribution >= 0.6 is 0 Å². The van der Waals surface area contributed by atoms with Gasteiger partial charge in [0.1, 0.15) is 0 Å². The highest BCUT2D eigenvalue weighted by Crippen LogP contribution is 2.33. The summed E-state index contributed by atoms with van der Waals surface area (Å²) in [5, 5.41) is 10.4. The summed E-state index contributed by atoms with van der Waals surface area (Å²) in [6.07, 6.45) is 4.18. The highest BCUT2D eigenvalue weighted by Gasteiger charge is 2.38. The fourth-order valence-corrected chi connectivity index (χ4v) is 4.25. The second-order valence-electron chi connectivity index (χ2n) is 5.41. The molecular formula is C11H21NO3S. The van der Waals surface area contributed by atoms with Crippen LogP contribution in [0.25, 0.3) is 0 Å². The molecule has 0 atom stereocenters. The minimum absolute atomic E-state index is 0.249. The number of aliphatic hydroxyl groups is 1. The minimum atomic E-state index is -3.06. The summed E-state index contributed by atoms with van der Waals surface area (Å²) in [6, 6.07) is 0. The molecular weight excluding hydrogens is 226 g/mol. The minimum Gasteiger partial charge on any atom is -0.389 e. The summed E-state index contributed by atoms with van der Waals surface area (Å²) in [6.45, 7) is 3.08. The quantitative estimate of drug-likeness (QED) is 0.791. The molecule has 0 spiro atoms. The van der Waals surface area contributed by atoms with E-state index in [4.69, 9.17) is 0 Å². The van der Waals surface area contributed by atoms with Crippen LogP contribution < -0.4 is 0 Å². The molecule has 0 aromatic carbocycles. The zero-order chi connectivity index (χ0) is 11.8. The molecule has 1 saturated heterocycles. The Kier molecular flexibility index (Phi) is 3.29. The first kappa shape index (κ1) is 12.3. The Bertz CT molecular complexity index is 344. The fraction of sp³-hybridized carbons (Fsp3) is 1.00. The zero-order valence-electron chi connectivity index (χ0n) is 9.85. The van der Waals surface area contributed by atoms with Gasteiger partial charge in [0.15, 0.2) is 0 Å². The van der Waals surface area contributed by atoms with Crippen molar-refractivity contribution in [1.29, 1.82) is 0 Å². The first-order valence-corrected chi connectivity index (χ1v) is 7.72. The SMILES string of the molecule is CC1CCC(O)(CN2CCCS2(=O)=O)CC1. The first-order chi connectivity index (χ1) is 7.41. The number of rotatable bonds is 2. The van der Waals surface area contributed by atoms with Crippen LogP contribution in [0, 0.1) is 5.92 Å². The molecule has 0 bridgehead atoms. The number of sulfonamides is 1. The Morgan fingerprint density at radius 3 is 2.50 bits per heavy atom. The molecule has 0 amide bonds. The van der Waals surface area contributed by atoms with E-state index < -0.39 is 15.6 Å². The maximum Gasteiger partial charge on any atom is 0.214 e. The van der Waals surface area contributed by atoms with E-state index in [0.29, 0.717) is 25.4 Å². The van der Waals surface area contributed by atoms with E-state index in [-0.39, 0.29) is 5.75 Å².